The number of allylic oxidation sites excluding steroid dienone is 5. The van der Waals surface area contributed by atoms with Gasteiger partial charge in [0.15, 0.2) is 0 Å². The monoisotopic (exact) mass is 395 g/mol. The summed E-state index contributed by atoms with van der Waals surface area (Å²) in [6, 6.07) is 6.63. The Hall–Kier alpha value is -2.46. The summed E-state index contributed by atoms with van der Waals surface area (Å²) in [5, 5.41) is 23.6. The number of Topliss-reactive ketones (excluding diaryl/α,β-unsaturated/α-hetero) is 1. The molecular weight excluding hydrogens is 362 g/mol. The Balaban J connectivity index is 2.02. The van der Waals surface area contributed by atoms with Crippen molar-refractivity contribution in [1.82, 2.24) is 0 Å². The predicted molar refractivity (Wildman–Crippen MR) is 120 cm³/mol. The van der Waals surface area contributed by atoms with Gasteiger partial charge in [-0.2, -0.15) is 4.74 Å². The van der Waals surface area contributed by atoms with E-state index < -0.39 is 11.4 Å². The third kappa shape index (κ3) is 5.54. The van der Waals surface area contributed by atoms with Crippen molar-refractivity contribution in [3.05, 3.63) is 70.0 Å². The maximum absolute atomic E-state index is 12.9. The van der Waals surface area contributed by atoms with Crippen molar-refractivity contribution in [2.45, 2.75) is 72.3 Å². The average molecular weight is 396 g/mol. The van der Waals surface area contributed by atoms with Crippen LogP contribution in [0.15, 0.2) is 59.2 Å². The van der Waals surface area contributed by atoms with Crippen molar-refractivity contribution in [2.24, 2.45) is 0 Å². The molecule has 0 saturated carbocycles. The third-order valence-electron chi connectivity index (χ3n) is 5.51. The lowest BCUT2D eigenvalue weighted by Gasteiger charge is -2.29. The molecule has 0 aromatic heterocycles. The number of hydrogen-bond acceptors (Lipinski definition) is 3. The molecule has 0 amide bonds. The Morgan fingerprint density at radius 2 is 1.62 bits per heavy atom. The van der Waals surface area contributed by atoms with Gasteiger partial charge in [-0.25, -0.2) is 0 Å². The van der Waals surface area contributed by atoms with Gasteiger partial charge in [0.1, 0.15) is 0 Å². The summed E-state index contributed by atoms with van der Waals surface area (Å²) in [5.41, 5.74) is 2.74. The molecule has 0 fully saturated rings. The molecule has 0 bridgehead atoms. The number of rotatable bonds is 8. The number of hydrogen-bond donors (Lipinski definition) is 1. The summed E-state index contributed by atoms with van der Waals surface area (Å²) in [4.78, 5) is 12.9. The topological polar surface area (TPSA) is 63.4 Å². The van der Waals surface area contributed by atoms with Gasteiger partial charge < -0.3 is 10.3 Å². The van der Waals surface area contributed by atoms with E-state index in [1.54, 1.807) is 24.3 Å². The zero-order chi connectivity index (χ0) is 21.6. The standard InChI is InChI=1S/C25H33NO3/c1-18(2)10-8-11-19(3)12-9-13-20(4)16-17-25(28)21(5)26(29)23-15-7-6-14-22(23)24(25)27/h6-7,10,12,14-16,28H,8-9,11,13,17H2,1-5H3/b19-12+,20-16+. The largest absolute Gasteiger partial charge is 0.618 e. The van der Waals surface area contributed by atoms with Gasteiger partial charge in [0, 0.05) is 19.4 Å². The van der Waals surface area contributed by atoms with Crippen LogP contribution in [-0.2, 0) is 0 Å². The number of benzene rings is 1. The molecule has 1 aromatic rings. The Labute approximate surface area is 174 Å². The van der Waals surface area contributed by atoms with Crippen LogP contribution in [0.2, 0.25) is 0 Å². The maximum Gasteiger partial charge on any atom is 0.227 e. The molecule has 0 saturated heterocycles. The van der Waals surface area contributed by atoms with E-state index in [0.29, 0.717) is 10.4 Å². The molecule has 0 radical (unpaired) electrons. The molecule has 4 heteroatoms. The van der Waals surface area contributed by atoms with Gasteiger partial charge >= 0.3 is 0 Å². The maximum atomic E-state index is 12.9. The first-order valence-corrected chi connectivity index (χ1v) is 10.3. The molecule has 1 N–H and O–H groups in total. The fraction of sp³-hybridized carbons (Fsp3) is 0.440. The van der Waals surface area contributed by atoms with Crippen LogP contribution in [0.5, 0.6) is 0 Å². The number of fused-ring (bicyclic) bond motifs is 1. The molecular formula is C25H33NO3. The van der Waals surface area contributed by atoms with Gasteiger partial charge in [-0.3, -0.25) is 4.79 Å². The second-order valence-electron chi connectivity index (χ2n) is 8.25. The van der Waals surface area contributed by atoms with Crippen LogP contribution in [0.3, 0.4) is 0 Å². The lowest BCUT2D eigenvalue weighted by Crippen LogP contribution is -2.50. The van der Waals surface area contributed by atoms with Gasteiger partial charge in [-0.1, -0.05) is 47.1 Å². The van der Waals surface area contributed by atoms with E-state index in [9.17, 15) is 15.1 Å². The Kier molecular flexibility index (Phi) is 7.74. The van der Waals surface area contributed by atoms with Crippen LogP contribution >= 0.6 is 0 Å². The summed E-state index contributed by atoms with van der Waals surface area (Å²) in [6.07, 6.45) is 10.4. The Morgan fingerprint density at radius 1 is 1.03 bits per heavy atom. The molecule has 1 unspecified atom stereocenters. The molecule has 156 valence electrons. The zero-order valence-electron chi connectivity index (χ0n) is 18.3. The third-order valence-corrected chi connectivity index (χ3v) is 5.51. The highest BCUT2D eigenvalue weighted by molar-refractivity contribution is 6.20. The van der Waals surface area contributed by atoms with Crippen LogP contribution in [0, 0.1) is 5.21 Å². The molecule has 0 spiro atoms. The van der Waals surface area contributed by atoms with Crippen LogP contribution < -0.4 is 0 Å². The van der Waals surface area contributed by atoms with Crippen molar-refractivity contribution < 1.29 is 14.6 Å². The normalized spacial score (nSPS) is 20.0. The Morgan fingerprint density at radius 3 is 2.28 bits per heavy atom. The minimum Gasteiger partial charge on any atom is -0.618 e. The smallest absolute Gasteiger partial charge is 0.227 e. The van der Waals surface area contributed by atoms with Crippen LogP contribution in [0.4, 0.5) is 5.69 Å². The number of nitrogens with zero attached hydrogens (tertiary/aromatic N) is 1. The first-order chi connectivity index (χ1) is 13.7. The molecule has 29 heavy (non-hydrogen) atoms. The van der Waals surface area contributed by atoms with E-state index in [2.05, 4.69) is 32.9 Å². The molecule has 2 rings (SSSR count). The van der Waals surface area contributed by atoms with Gasteiger partial charge in [0.05, 0.1) is 5.56 Å². The van der Waals surface area contributed by atoms with Crippen molar-refractivity contribution >= 4 is 17.2 Å². The molecule has 1 aliphatic heterocycles. The van der Waals surface area contributed by atoms with Gasteiger partial charge in [0.2, 0.25) is 22.8 Å². The second kappa shape index (κ2) is 9.84. The highest BCUT2D eigenvalue weighted by Gasteiger charge is 2.48. The molecule has 1 aromatic carbocycles. The van der Waals surface area contributed by atoms with Crippen molar-refractivity contribution in [3.8, 4) is 0 Å². The first kappa shape index (κ1) is 22.8. The number of ketones is 1. The van der Waals surface area contributed by atoms with E-state index in [-0.39, 0.29) is 17.7 Å². The minimum absolute atomic E-state index is 0.111. The SMILES string of the molecule is CC(C)=CCC/C(C)=C/CC/C(C)=C/CC1(O)C(=O)c2ccccc2[N+]([O-])=C1C. The summed E-state index contributed by atoms with van der Waals surface area (Å²) in [7, 11) is 0. The lowest BCUT2D eigenvalue weighted by molar-refractivity contribution is -0.369. The van der Waals surface area contributed by atoms with E-state index in [1.165, 1.54) is 18.1 Å². The van der Waals surface area contributed by atoms with E-state index in [0.717, 1.165) is 31.3 Å². The van der Waals surface area contributed by atoms with Crippen molar-refractivity contribution in [2.75, 3.05) is 0 Å². The summed E-state index contributed by atoms with van der Waals surface area (Å²) >= 11 is 0. The minimum atomic E-state index is -1.78. The average Bonchev–Trinajstić information content (AvgIpc) is 2.69. The highest BCUT2D eigenvalue weighted by Crippen LogP contribution is 2.32. The lowest BCUT2D eigenvalue weighted by atomic mass is 9.82. The summed E-state index contributed by atoms with van der Waals surface area (Å²) in [6.45, 7) is 9.91. The summed E-state index contributed by atoms with van der Waals surface area (Å²) < 4.78 is 0.679. The van der Waals surface area contributed by atoms with E-state index in [4.69, 9.17) is 0 Å². The first-order valence-electron chi connectivity index (χ1n) is 10.3. The number of carbonyl (C=O) groups is 1. The van der Waals surface area contributed by atoms with Crippen LogP contribution in [0.1, 0.15) is 77.1 Å². The van der Waals surface area contributed by atoms with E-state index in [1.807, 2.05) is 13.0 Å². The quantitative estimate of drug-likeness (QED) is 0.332. The number of para-hydroxylation sites is 1. The molecule has 1 heterocycles. The molecule has 1 aliphatic rings. The van der Waals surface area contributed by atoms with Gasteiger partial charge in [-0.05, 0) is 59.4 Å². The fourth-order valence-corrected chi connectivity index (χ4v) is 3.48. The van der Waals surface area contributed by atoms with Crippen LogP contribution in [-0.4, -0.2) is 26.9 Å². The predicted octanol–water partition coefficient (Wildman–Crippen LogP) is 6.03. The highest BCUT2D eigenvalue weighted by atomic mass is 16.5. The van der Waals surface area contributed by atoms with Crippen molar-refractivity contribution in [3.63, 3.8) is 0 Å². The Bertz CT molecular complexity index is 885. The van der Waals surface area contributed by atoms with Crippen molar-refractivity contribution in [1.29, 1.82) is 0 Å². The van der Waals surface area contributed by atoms with E-state index >= 15 is 0 Å². The molecule has 4 nitrogen and oxygen atoms in total. The molecule has 1 atom stereocenters. The summed E-state index contributed by atoms with van der Waals surface area (Å²) in [5.74, 6) is -0.406. The second-order valence-corrected chi connectivity index (χ2v) is 8.25. The number of aliphatic hydroxyl groups is 1. The molecule has 0 aliphatic carbocycles. The van der Waals surface area contributed by atoms with Gasteiger partial charge in [-0.15, -0.1) is 0 Å². The van der Waals surface area contributed by atoms with Crippen LogP contribution in [0.25, 0.3) is 0 Å². The zero-order valence-corrected chi connectivity index (χ0v) is 18.3. The number of carbonyl (C=O) groups excluding carboxylic acids is 1. The van der Waals surface area contributed by atoms with Gasteiger partial charge in [0.25, 0.3) is 0 Å². The fourth-order valence-electron chi connectivity index (χ4n) is 3.48.